The highest BCUT2D eigenvalue weighted by Crippen LogP contribution is 2.21. The summed E-state index contributed by atoms with van der Waals surface area (Å²) in [6.45, 7) is 1.99. The van der Waals surface area contributed by atoms with Gasteiger partial charge in [-0.2, -0.15) is 0 Å². The number of benzene rings is 2. The first-order valence-corrected chi connectivity index (χ1v) is 6.73. The van der Waals surface area contributed by atoms with E-state index in [-0.39, 0.29) is 11.4 Å². The third-order valence-electron chi connectivity index (χ3n) is 3.20. The van der Waals surface area contributed by atoms with Crippen LogP contribution in [0, 0.1) is 12.7 Å². The molecule has 1 aromatic heterocycles. The molecule has 0 aliphatic rings. The molecule has 3 rings (SSSR count). The fraction of sp³-hybridized carbons (Fsp3) is 0.0588. The zero-order valence-corrected chi connectivity index (χ0v) is 11.8. The van der Waals surface area contributed by atoms with Crippen LogP contribution in [0.4, 0.5) is 10.1 Å². The van der Waals surface area contributed by atoms with Crippen LogP contribution in [-0.4, -0.2) is 11.1 Å². The van der Waals surface area contributed by atoms with Crippen molar-refractivity contribution in [3.8, 4) is 11.3 Å². The van der Waals surface area contributed by atoms with Crippen LogP contribution in [0.5, 0.6) is 0 Å². The van der Waals surface area contributed by atoms with Gasteiger partial charge in [0.15, 0.2) is 0 Å². The van der Waals surface area contributed by atoms with E-state index >= 15 is 0 Å². The van der Waals surface area contributed by atoms with Gasteiger partial charge in [-0.05, 0) is 19.1 Å². The first kappa shape index (κ1) is 14.0. The zero-order valence-electron chi connectivity index (χ0n) is 11.8. The average Bonchev–Trinajstić information content (AvgIpc) is 3.00. The normalized spacial score (nSPS) is 10.5. The summed E-state index contributed by atoms with van der Waals surface area (Å²) in [6, 6.07) is 15.1. The number of hydrogen-bond acceptors (Lipinski definition) is 3. The number of carbonyl (C=O) groups excluding carboxylic acids is 1. The maximum absolute atomic E-state index is 13.5. The zero-order chi connectivity index (χ0) is 15.5. The van der Waals surface area contributed by atoms with E-state index in [2.05, 4.69) is 10.5 Å². The smallest absolute Gasteiger partial charge is 0.294 e. The lowest BCUT2D eigenvalue weighted by Gasteiger charge is -2.02. The van der Waals surface area contributed by atoms with Crippen LogP contribution in [-0.2, 0) is 0 Å². The Kier molecular flexibility index (Phi) is 3.70. The van der Waals surface area contributed by atoms with Crippen molar-refractivity contribution in [3.05, 3.63) is 71.7 Å². The van der Waals surface area contributed by atoms with Gasteiger partial charge in [0.1, 0.15) is 11.5 Å². The molecule has 3 aromatic rings. The van der Waals surface area contributed by atoms with Gasteiger partial charge in [-0.25, -0.2) is 4.39 Å². The molecule has 1 amide bonds. The fourth-order valence-corrected chi connectivity index (χ4v) is 1.99. The van der Waals surface area contributed by atoms with Crippen molar-refractivity contribution in [1.82, 2.24) is 5.16 Å². The Bertz CT molecular complexity index is 810. The van der Waals surface area contributed by atoms with Crippen molar-refractivity contribution in [2.24, 2.45) is 0 Å². The molecule has 0 fully saturated rings. The second-order valence-electron chi connectivity index (χ2n) is 4.88. The maximum Gasteiger partial charge on any atom is 0.294 e. The molecule has 0 unspecified atom stereocenters. The summed E-state index contributed by atoms with van der Waals surface area (Å²) in [5.41, 5.74) is 2.63. The Morgan fingerprint density at radius 3 is 2.59 bits per heavy atom. The van der Waals surface area contributed by atoms with Crippen molar-refractivity contribution in [2.75, 3.05) is 5.32 Å². The number of para-hydroxylation sites is 1. The Morgan fingerprint density at radius 2 is 1.86 bits per heavy atom. The highest BCUT2D eigenvalue weighted by Gasteiger charge is 2.15. The average molecular weight is 296 g/mol. The molecule has 110 valence electrons. The number of aryl methyl sites for hydroxylation is 1. The van der Waals surface area contributed by atoms with Crippen LogP contribution in [0.1, 0.15) is 16.1 Å². The molecule has 1 N–H and O–H groups in total. The number of carbonyl (C=O) groups is 1. The van der Waals surface area contributed by atoms with Crippen molar-refractivity contribution >= 4 is 11.6 Å². The van der Waals surface area contributed by atoms with Gasteiger partial charge in [-0.1, -0.05) is 47.1 Å². The molecule has 22 heavy (non-hydrogen) atoms. The lowest BCUT2D eigenvalue weighted by Crippen LogP contribution is -2.11. The maximum atomic E-state index is 13.5. The fourth-order valence-electron chi connectivity index (χ4n) is 1.99. The highest BCUT2D eigenvalue weighted by atomic mass is 19.1. The lowest BCUT2D eigenvalue weighted by molar-refractivity contribution is 0.0987. The van der Waals surface area contributed by atoms with Crippen LogP contribution >= 0.6 is 0 Å². The summed E-state index contributed by atoms with van der Waals surface area (Å²) in [5.74, 6) is -1.02. The summed E-state index contributed by atoms with van der Waals surface area (Å²) in [4.78, 5) is 12.1. The largest absolute Gasteiger partial charge is 0.350 e. The molecular weight excluding hydrogens is 283 g/mol. The first-order chi connectivity index (χ1) is 10.6. The minimum atomic E-state index is -0.545. The quantitative estimate of drug-likeness (QED) is 0.793. The molecule has 0 atom stereocenters. The van der Waals surface area contributed by atoms with E-state index in [1.165, 1.54) is 18.2 Å². The molecular formula is C17H13FN2O2. The SMILES string of the molecule is Cc1ccc(-c2cc(C(=O)Nc3ccccc3F)on2)cc1. The van der Waals surface area contributed by atoms with Crippen LogP contribution < -0.4 is 5.32 Å². The lowest BCUT2D eigenvalue weighted by atomic mass is 10.1. The third kappa shape index (κ3) is 2.88. The number of nitrogens with one attached hydrogen (secondary N) is 1. The number of rotatable bonds is 3. The van der Waals surface area contributed by atoms with Gasteiger partial charge in [0, 0.05) is 11.6 Å². The van der Waals surface area contributed by atoms with E-state index in [9.17, 15) is 9.18 Å². The van der Waals surface area contributed by atoms with E-state index in [1.807, 2.05) is 31.2 Å². The monoisotopic (exact) mass is 296 g/mol. The summed E-state index contributed by atoms with van der Waals surface area (Å²) in [6.07, 6.45) is 0. The molecule has 0 spiro atoms. The van der Waals surface area contributed by atoms with Crippen LogP contribution in [0.2, 0.25) is 0 Å². The van der Waals surface area contributed by atoms with E-state index in [1.54, 1.807) is 12.1 Å². The Balaban J connectivity index is 1.80. The van der Waals surface area contributed by atoms with E-state index < -0.39 is 11.7 Å². The molecule has 0 bridgehead atoms. The van der Waals surface area contributed by atoms with Gasteiger partial charge < -0.3 is 9.84 Å². The van der Waals surface area contributed by atoms with Crippen LogP contribution in [0.25, 0.3) is 11.3 Å². The summed E-state index contributed by atoms with van der Waals surface area (Å²) in [5, 5.41) is 6.32. The Hall–Kier alpha value is -2.95. The molecule has 1 heterocycles. The Morgan fingerprint density at radius 1 is 1.14 bits per heavy atom. The minimum absolute atomic E-state index is 0.0267. The van der Waals surface area contributed by atoms with Crippen LogP contribution in [0.3, 0.4) is 0 Å². The van der Waals surface area contributed by atoms with Crippen molar-refractivity contribution in [2.45, 2.75) is 6.92 Å². The standard InChI is InChI=1S/C17H13FN2O2/c1-11-6-8-12(9-7-11)15-10-16(22-20-15)17(21)19-14-5-3-2-4-13(14)18/h2-10H,1H3,(H,19,21). The molecule has 0 saturated heterocycles. The first-order valence-electron chi connectivity index (χ1n) is 6.73. The van der Waals surface area contributed by atoms with Gasteiger partial charge in [0.25, 0.3) is 5.91 Å². The van der Waals surface area contributed by atoms with E-state index in [0.717, 1.165) is 11.1 Å². The van der Waals surface area contributed by atoms with E-state index in [0.29, 0.717) is 5.69 Å². The van der Waals surface area contributed by atoms with Gasteiger partial charge in [-0.3, -0.25) is 4.79 Å². The van der Waals surface area contributed by atoms with Gasteiger partial charge >= 0.3 is 0 Å². The number of hydrogen-bond donors (Lipinski definition) is 1. The number of anilines is 1. The van der Waals surface area contributed by atoms with Crippen molar-refractivity contribution < 1.29 is 13.7 Å². The molecule has 0 aliphatic heterocycles. The minimum Gasteiger partial charge on any atom is -0.350 e. The van der Waals surface area contributed by atoms with Gasteiger partial charge in [0.05, 0.1) is 5.69 Å². The number of halogens is 1. The predicted octanol–water partition coefficient (Wildman–Crippen LogP) is 4.04. The number of amides is 1. The molecule has 2 aromatic carbocycles. The second-order valence-corrected chi connectivity index (χ2v) is 4.88. The summed E-state index contributed by atoms with van der Waals surface area (Å²) in [7, 11) is 0. The molecule has 0 saturated carbocycles. The topological polar surface area (TPSA) is 55.1 Å². The molecule has 0 aliphatic carbocycles. The van der Waals surface area contributed by atoms with Gasteiger partial charge in [0.2, 0.25) is 5.76 Å². The van der Waals surface area contributed by atoms with Crippen molar-refractivity contribution in [1.29, 1.82) is 0 Å². The molecule has 0 radical (unpaired) electrons. The van der Waals surface area contributed by atoms with Crippen molar-refractivity contribution in [3.63, 3.8) is 0 Å². The Labute approximate surface area is 126 Å². The van der Waals surface area contributed by atoms with Crippen LogP contribution in [0.15, 0.2) is 59.1 Å². The highest BCUT2D eigenvalue weighted by molar-refractivity contribution is 6.02. The van der Waals surface area contributed by atoms with Gasteiger partial charge in [-0.15, -0.1) is 0 Å². The molecule has 5 heteroatoms. The summed E-state index contributed by atoms with van der Waals surface area (Å²) < 4.78 is 18.6. The number of aromatic nitrogens is 1. The third-order valence-corrected chi connectivity index (χ3v) is 3.20. The second kappa shape index (κ2) is 5.81. The molecule has 4 nitrogen and oxygen atoms in total. The number of nitrogens with zero attached hydrogens (tertiary/aromatic N) is 1. The predicted molar refractivity (Wildman–Crippen MR) is 81.0 cm³/mol. The summed E-state index contributed by atoms with van der Waals surface area (Å²) >= 11 is 0. The van der Waals surface area contributed by atoms with E-state index in [4.69, 9.17) is 4.52 Å².